The highest BCUT2D eigenvalue weighted by Gasteiger charge is 2.28. The van der Waals surface area contributed by atoms with Crippen LogP contribution in [0.5, 0.6) is 11.5 Å². The number of nitrogens with zero attached hydrogens (tertiary/aromatic N) is 3. The third-order valence-electron chi connectivity index (χ3n) is 6.66. The monoisotopic (exact) mass is 553 g/mol. The Morgan fingerprint density at radius 3 is 2.35 bits per heavy atom. The largest absolute Gasteiger partial charge is 0.495 e. The van der Waals surface area contributed by atoms with E-state index in [4.69, 9.17) is 26.1 Å². The first-order chi connectivity index (χ1) is 19.5. The lowest BCUT2D eigenvalue weighted by molar-refractivity contribution is -0.136. The van der Waals surface area contributed by atoms with Gasteiger partial charge in [-0.25, -0.2) is 4.98 Å². The Kier molecular flexibility index (Phi) is 8.12. The van der Waals surface area contributed by atoms with Crippen LogP contribution in [0.3, 0.4) is 0 Å². The normalized spacial score (nSPS) is 11.7. The zero-order chi connectivity index (χ0) is 28.1. The Morgan fingerprint density at radius 2 is 1.60 bits per heavy atom. The van der Waals surface area contributed by atoms with Crippen LogP contribution in [0.15, 0.2) is 108 Å². The summed E-state index contributed by atoms with van der Waals surface area (Å²) in [5.74, 6) is 1.19. The van der Waals surface area contributed by atoms with Gasteiger partial charge in [-0.2, -0.15) is 0 Å². The van der Waals surface area contributed by atoms with Crippen molar-refractivity contribution >= 4 is 28.4 Å². The zero-order valence-corrected chi connectivity index (χ0v) is 22.9. The molecule has 1 amide bonds. The Hall–Kier alpha value is -4.62. The minimum atomic E-state index is -0.608. The molecule has 7 nitrogen and oxygen atoms in total. The molecule has 4 aromatic carbocycles. The number of halogens is 1. The lowest BCUT2D eigenvalue weighted by Crippen LogP contribution is -2.39. The van der Waals surface area contributed by atoms with E-state index in [9.17, 15) is 9.59 Å². The number of fused-ring (bicyclic) bond motifs is 1. The summed E-state index contributed by atoms with van der Waals surface area (Å²) in [5, 5.41) is 1.05. The minimum Gasteiger partial charge on any atom is -0.495 e. The minimum absolute atomic E-state index is 0.203. The Labute approximate surface area is 237 Å². The Balaban J connectivity index is 1.61. The zero-order valence-electron chi connectivity index (χ0n) is 22.2. The first kappa shape index (κ1) is 27.0. The quantitative estimate of drug-likeness (QED) is 0.217. The maximum Gasteiger partial charge on any atom is 0.266 e. The van der Waals surface area contributed by atoms with E-state index in [-0.39, 0.29) is 18.1 Å². The van der Waals surface area contributed by atoms with E-state index < -0.39 is 6.04 Å². The van der Waals surface area contributed by atoms with Crippen LogP contribution in [0, 0.1) is 0 Å². The summed E-state index contributed by atoms with van der Waals surface area (Å²) in [6, 6.07) is 30.4. The summed E-state index contributed by atoms with van der Waals surface area (Å²) in [6.07, 6.45) is 0. The number of para-hydroxylation sites is 3. The van der Waals surface area contributed by atoms with Crippen LogP contribution < -0.4 is 15.0 Å². The van der Waals surface area contributed by atoms with E-state index in [1.165, 1.54) is 4.57 Å². The van der Waals surface area contributed by atoms with Gasteiger partial charge in [-0.05, 0) is 61.0 Å². The molecule has 1 unspecified atom stereocenters. The van der Waals surface area contributed by atoms with Gasteiger partial charge in [0.1, 0.15) is 17.3 Å². The van der Waals surface area contributed by atoms with Crippen molar-refractivity contribution in [1.82, 2.24) is 14.5 Å². The van der Waals surface area contributed by atoms with E-state index in [0.29, 0.717) is 45.5 Å². The molecule has 40 heavy (non-hydrogen) atoms. The van der Waals surface area contributed by atoms with Gasteiger partial charge in [-0.3, -0.25) is 14.2 Å². The second kappa shape index (κ2) is 12.1. The number of carbonyl (C=O) groups excluding carboxylic acids is 1. The molecule has 5 aromatic rings. The predicted octanol–water partition coefficient (Wildman–Crippen LogP) is 6.22. The molecule has 1 aromatic heterocycles. The number of aromatic nitrogens is 2. The summed E-state index contributed by atoms with van der Waals surface area (Å²) in [6.45, 7) is 1.95. The molecule has 5 rings (SSSR count). The van der Waals surface area contributed by atoms with Crippen LogP contribution in [0.4, 0.5) is 0 Å². The SMILES string of the molecule is COc1ccccc1-n1c(C(C)N(Cc2ccccc2)C(=O)COc2ccc(Cl)cc2)nc2ccccc2c1=O. The molecule has 0 saturated heterocycles. The maximum atomic E-state index is 13.9. The first-order valence-corrected chi connectivity index (χ1v) is 13.2. The van der Waals surface area contributed by atoms with E-state index in [0.717, 1.165) is 5.56 Å². The molecule has 0 aliphatic heterocycles. The molecule has 0 bridgehead atoms. The molecule has 0 N–H and O–H groups in total. The molecule has 0 saturated carbocycles. The standard InChI is InChI=1S/C32H28ClN3O4/c1-22(35(20-23-10-4-3-5-11-23)30(37)21-40-25-18-16-24(33)17-19-25)31-34-27-13-7-6-12-26(27)32(38)36(31)28-14-8-9-15-29(28)39-2/h3-19,22H,20-21H2,1-2H3. The molecule has 0 aliphatic carbocycles. The number of carbonyl (C=O) groups is 1. The fourth-order valence-electron chi connectivity index (χ4n) is 4.60. The molecule has 0 radical (unpaired) electrons. The number of hydrogen-bond donors (Lipinski definition) is 0. The predicted molar refractivity (Wildman–Crippen MR) is 156 cm³/mol. The number of methoxy groups -OCH3 is 1. The number of hydrogen-bond acceptors (Lipinski definition) is 5. The van der Waals surface area contributed by atoms with Crippen molar-refractivity contribution in [1.29, 1.82) is 0 Å². The van der Waals surface area contributed by atoms with Crippen LogP contribution in [0.2, 0.25) is 5.02 Å². The van der Waals surface area contributed by atoms with E-state index >= 15 is 0 Å². The van der Waals surface area contributed by atoms with Gasteiger partial charge >= 0.3 is 0 Å². The summed E-state index contributed by atoms with van der Waals surface area (Å²) in [4.78, 5) is 34.3. The van der Waals surface area contributed by atoms with Crippen molar-refractivity contribution in [3.63, 3.8) is 0 Å². The number of rotatable bonds is 9. The number of benzene rings is 4. The van der Waals surface area contributed by atoms with Crippen molar-refractivity contribution in [2.75, 3.05) is 13.7 Å². The summed E-state index contributed by atoms with van der Waals surface area (Å²) < 4.78 is 13.0. The third-order valence-corrected chi connectivity index (χ3v) is 6.91. The highest BCUT2D eigenvalue weighted by Crippen LogP contribution is 2.29. The molecule has 0 fully saturated rings. The fraction of sp³-hybridized carbons (Fsp3) is 0.156. The Bertz CT molecular complexity index is 1690. The fourth-order valence-corrected chi connectivity index (χ4v) is 4.72. The molecule has 202 valence electrons. The molecule has 0 aliphatic rings. The first-order valence-electron chi connectivity index (χ1n) is 12.8. The lowest BCUT2D eigenvalue weighted by Gasteiger charge is -2.31. The molecule has 1 atom stereocenters. The highest BCUT2D eigenvalue weighted by atomic mass is 35.5. The van der Waals surface area contributed by atoms with E-state index in [1.54, 1.807) is 66.6 Å². The van der Waals surface area contributed by atoms with Crippen LogP contribution in [0.25, 0.3) is 16.6 Å². The van der Waals surface area contributed by atoms with Crippen LogP contribution in [-0.2, 0) is 11.3 Å². The van der Waals surface area contributed by atoms with E-state index in [1.807, 2.05) is 55.5 Å². The smallest absolute Gasteiger partial charge is 0.266 e. The number of amides is 1. The highest BCUT2D eigenvalue weighted by molar-refractivity contribution is 6.30. The summed E-state index contributed by atoms with van der Waals surface area (Å²) in [5.41, 5.74) is 1.77. The van der Waals surface area contributed by atoms with Crippen molar-refractivity contribution in [2.45, 2.75) is 19.5 Å². The van der Waals surface area contributed by atoms with Gasteiger partial charge in [0.2, 0.25) is 0 Å². The van der Waals surface area contributed by atoms with Gasteiger partial charge < -0.3 is 14.4 Å². The van der Waals surface area contributed by atoms with Gasteiger partial charge in [-0.15, -0.1) is 0 Å². The second-order valence-electron chi connectivity index (χ2n) is 9.23. The topological polar surface area (TPSA) is 73.7 Å². The average Bonchev–Trinajstić information content (AvgIpc) is 2.99. The van der Waals surface area contributed by atoms with Crippen molar-refractivity contribution in [3.05, 3.63) is 130 Å². The van der Waals surface area contributed by atoms with Gasteiger partial charge in [-0.1, -0.05) is 66.2 Å². The molecular formula is C32H28ClN3O4. The second-order valence-corrected chi connectivity index (χ2v) is 9.66. The van der Waals surface area contributed by atoms with Crippen LogP contribution in [0.1, 0.15) is 24.4 Å². The molecule has 1 heterocycles. The average molecular weight is 554 g/mol. The number of ether oxygens (including phenoxy) is 2. The summed E-state index contributed by atoms with van der Waals surface area (Å²) in [7, 11) is 1.56. The Morgan fingerprint density at radius 1 is 0.925 bits per heavy atom. The van der Waals surface area contributed by atoms with Crippen LogP contribution in [-0.4, -0.2) is 34.1 Å². The third kappa shape index (κ3) is 5.70. The molecule has 0 spiro atoms. The van der Waals surface area contributed by atoms with Gasteiger partial charge in [0.15, 0.2) is 6.61 Å². The van der Waals surface area contributed by atoms with Gasteiger partial charge in [0.05, 0.1) is 29.7 Å². The van der Waals surface area contributed by atoms with Gasteiger partial charge in [0, 0.05) is 11.6 Å². The summed E-state index contributed by atoms with van der Waals surface area (Å²) >= 11 is 5.99. The molecule has 8 heteroatoms. The van der Waals surface area contributed by atoms with Crippen molar-refractivity contribution in [3.8, 4) is 17.2 Å². The van der Waals surface area contributed by atoms with E-state index in [2.05, 4.69) is 0 Å². The maximum absolute atomic E-state index is 13.9. The van der Waals surface area contributed by atoms with Crippen molar-refractivity contribution in [2.24, 2.45) is 0 Å². The molecular weight excluding hydrogens is 526 g/mol. The van der Waals surface area contributed by atoms with Crippen LogP contribution >= 0.6 is 11.6 Å². The lowest BCUT2D eigenvalue weighted by atomic mass is 10.1. The van der Waals surface area contributed by atoms with Crippen molar-refractivity contribution < 1.29 is 14.3 Å². The van der Waals surface area contributed by atoms with Gasteiger partial charge in [0.25, 0.3) is 11.5 Å².